The number of nitrogens with one attached hydrogen (secondary N) is 2. The lowest BCUT2D eigenvalue weighted by Gasteiger charge is -2.09. The molecule has 154 valence electrons. The van der Waals surface area contributed by atoms with E-state index in [0.29, 0.717) is 22.3 Å². The number of hydrogen-bond donors (Lipinski definition) is 4. The van der Waals surface area contributed by atoms with Gasteiger partial charge in [0.2, 0.25) is 0 Å². The molecule has 1 aromatic heterocycles. The summed E-state index contributed by atoms with van der Waals surface area (Å²) in [6, 6.07) is 9.77. The van der Waals surface area contributed by atoms with Crippen molar-refractivity contribution in [3.05, 3.63) is 56.2 Å². The average Bonchev–Trinajstić information content (AvgIpc) is 3.01. The smallest absolute Gasteiger partial charge is 0.475 e. The highest BCUT2D eigenvalue weighted by atomic mass is 35.5. The summed E-state index contributed by atoms with van der Waals surface area (Å²) >= 11 is 7.28. The van der Waals surface area contributed by atoms with Gasteiger partial charge in [-0.2, -0.15) is 13.2 Å². The number of carboxylic acids is 1. The quantitative estimate of drug-likeness (QED) is 0.555. The lowest BCUT2D eigenvalue weighted by molar-refractivity contribution is -0.192. The van der Waals surface area contributed by atoms with Crippen LogP contribution in [0.2, 0.25) is 4.34 Å². The molecular formula is C17H19ClF3N3O3S. The molecule has 0 aliphatic carbocycles. The monoisotopic (exact) mass is 437 g/mol. The van der Waals surface area contributed by atoms with Gasteiger partial charge in [-0.15, -0.1) is 11.3 Å². The van der Waals surface area contributed by atoms with Crippen LogP contribution in [0.15, 0.2) is 30.3 Å². The number of halogens is 4. The highest BCUT2D eigenvalue weighted by Gasteiger charge is 2.38. The molecular weight excluding hydrogens is 419 g/mol. The van der Waals surface area contributed by atoms with Crippen LogP contribution in [0, 0.1) is 0 Å². The first-order valence-electron chi connectivity index (χ1n) is 7.88. The maximum Gasteiger partial charge on any atom is 0.490 e. The molecule has 0 spiro atoms. The molecule has 2 aromatic rings. The first-order chi connectivity index (χ1) is 13.1. The van der Waals surface area contributed by atoms with Gasteiger partial charge in [-0.3, -0.25) is 4.79 Å². The van der Waals surface area contributed by atoms with Crippen LogP contribution in [-0.4, -0.2) is 30.2 Å². The third-order valence-electron chi connectivity index (χ3n) is 3.37. The number of carboxylic acid groups (broad SMARTS) is 1. The van der Waals surface area contributed by atoms with Crippen LogP contribution in [0.1, 0.15) is 26.4 Å². The summed E-state index contributed by atoms with van der Waals surface area (Å²) in [5, 5.41) is 13.2. The predicted octanol–water partition coefficient (Wildman–Crippen LogP) is 3.14. The Morgan fingerprint density at radius 2 is 1.71 bits per heavy atom. The van der Waals surface area contributed by atoms with E-state index in [-0.39, 0.29) is 5.91 Å². The second-order valence-electron chi connectivity index (χ2n) is 5.40. The van der Waals surface area contributed by atoms with E-state index in [0.717, 1.165) is 17.7 Å². The number of alkyl halides is 3. The molecule has 1 aromatic carbocycles. The van der Waals surface area contributed by atoms with Crippen LogP contribution in [-0.2, 0) is 24.4 Å². The fourth-order valence-corrected chi connectivity index (χ4v) is 3.23. The number of nitrogens with two attached hydrogens (primary N) is 1. The van der Waals surface area contributed by atoms with Crippen molar-refractivity contribution in [1.82, 2.24) is 10.6 Å². The fraction of sp³-hybridized carbons (Fsp3) is 0.294. The Morgan fingerprint density at radius 1 is 1.18 bits per heavy atom. The Hall–Kier alpha value is -2.14. The highest BCUT2D eigenvalue weighted by Crippen LogP contribution is 2.27. The molecule has 0 aliphatic rings. The minimum absolute atomic E-state index is 0.124. The SMILES string of the molecule is CNCc1ccccc1CNC(=O)c1cc(CN)c(Cl)s1.O=C(O)C(F)(F)F. The molecule has 1 amide bonds. The van der Waals surface area contributed by atoms with Crippen molar-refractivity contribution in [1.29, 1.82) is 0 Å². The summed E-state index contributed by atoms with van der Waals surface area (Å²) in [5.41, 5.74) is 8.65. The normalized spacial score (nSPS) is 10.8. The number of aliphatic carboxylic acids is 1. The molecule has 5 N–H and O–H groups in total. The number of benzene rings is 1. The first kappa shape index (κ1) is 23.9. The molecule has 0 aliphatic heterocycles. The van der Waals surface area contributed by atoms with Crippen molar-refractivity contribution in [3.8, 4) is 0 Å². The van der Waals surface area contributed by atoms with E-state index < -0.39 is 12.1 Å². The number of hydrogen-bond acceptors (Lipinski definition) is 5. The van der Waals surface area contributed by atoms with E-state index in [9.17, 15) is 18.0 Å². The minimum Gasteiger partial charge on any atom is -0.475 e. The second kappa shape index (κ2) is 11.0. The van der Waals surface area contributed by atoms with Gasteiger partial charge in [-0.1, -0.05) is 35.9 Å². The number of amides is 1. The lowest BCUT2D eigenvalue weighted by Crippen LogP contribution is -2.23. The Balaban J connectivity index is 0.000000480. The van der Waals surface area contributed by atoms with E-state index in [2.05, 4.69) is 10.6 Å². The van der Waals surface area contributed by atoms with E-state index in [1.165, 1.54) is 16.9 Å². The van der Waals surface area contributed by atoms with E-state index in [1.54, 1.807) is 6.07 Å². The second-order valence-corrected chi connectivity index (χ2v) is 7.05. The topological polar surface area (TPSA) is 104 Å². The number of thiophene rings is 1. The third-order valence-corrected chi connectivity index (χ3v) is 4.81. The highest BCUT2D eigenvalue weighted by molar-refractivity contribution is 7.18. The van der Waals surface area contributed by atoms with Gasteiger partial charge in [0.05, 0.1) is 9.21 Å². The van der Waals surface area contributed by atoms with Gasteiger partial charge < -0.3 is 21.5 Å². The molecule has 0 fully saturated rings. The fourth-order valence-electron chi connectivity index (χ4n) is 2.01. The van der Waals surface area contributed by atoms with Crippen molar-refractivity contribution in [3.63, 3.8) is 0 Å². The Morgan fingerprint density at radius 3 is 2.14 bits per heavy atom. The van der Waals surface area contributed by atoms with Crippen LogP contribution in [0.4, 0.5) is 13.2 Å². The van der Waals surface area contributed by atoms with E-state index >= 15 is 0 Å². The summed E-state index contributed by atoms with van der Waals surface area (Å²) in [5.74, 6) is -2.88. The van der Waals surface area contributed by atoms with Crippen LogP contribution < -0.4 is 16.4 Å². The summed E-state index contributed by atoms with van der Waals surface area (Å²) < 4.78 is 32.3. The number of rotatable bonds is 6. The summed E-state index contributed by atoms with van der Waals surface area (Å²) in [4.78, 5) is 21.6. The molecule has 0 saturated heterocycles. The average molecular weight is 438 g/mol. The third kappa shape index (κ3) is 7.47. The maximum absolute atomic E-state index is 12.2. The van der Waals surface area contributed by atoms with Gasteiger partial charge in [0.25, 0.3) is 5.91 Å². The van der Waals surface area contributed by atoms with Gasteiger partial charge in [-0.05, 0) is 29.8 Å². The molecule has 11 heteroatoms. The van der Waals surface area contributed by atoms with Crippen molar-refractivity contribution < 1.29 is 27.9 Å². The van der Waals surface area contributed by atoms with Crippen LogP contribution in [0.5, 0.6) is 0 Å². The standard InChI is InChI=1S/C15H18ClN3OS.C2HF3O2/c1-18-8-10-4-2-3-5-11(10)9-19-15(20)13-6-12(7-17)14(16)21-13;3-2(4,5)1(6)7/h2-6,18H,7-9,17H2,1H3,(H,19,20);(H,6,7). The van der Waals surface area contributed by atoms with Crippen LogP contribution in [0.3, 0.4) is 0 Å². The largest absolute Gasteiger partial charge is 0.490 e. The Kier molecular flexibility index (Phi) is 9.39. The van der Waals surface area contributed by atoms with Crippen molar-refractivity contribution in [2.75, 3.05) is 7.05 Å². The molecule has 28 heavy (non-hydrogen) atoms. The van der Waals surface area contributed by atoms with Crippen molar-refractivity contribution >= 4 is 34.8 Å². The molecule has 0 radical (unpaired) electrons. The molecule has 0 atom stereocenters. The van der Waals surface area contributed by atoms with Crippen molar-refractivity contribution in [2.45, 2.75) is 25.8 Å². The predicted molar refractivity (Wildman–Crippen MR) is 101 cm³/mol. The van der Waals surface area contributed by atoms with Crippen LogP contribution >= 0.6 is 22.9 Å². The first-order valence-corrected chi connectivity index (χ1v) is 9.07. The van der Waals surface area contributed by atoms with Gasteiger partial charge in [0.15, 0.2) is 0 Å². The van der Waals surface area contributed by atoms with E-state index in [4.69, 9.17) is 27.2 Å². The molecule has 0 unspecified atom stereocenters. The Labute approximate surface area is 168 Å². The molecule has 6 nitrogen and oxygen atoms in total. The lowest BCUT2D eigenvalue weighted by atomic mass is 10.1. The molecule has 0 saturated carbocycles. The summed E-state index contributed by atoms with van der Waals surface area (Å²) in [6.07, 6.45) is -5.08. The summed E-state index contributed by atoms with van der Waals surface area (Å²) in [6.45, 7) is 1.60. The zero-order chi connectivity index (χ0) is 21.3. The van der Waals surface area contributed by atoms with Gasteiger partial charge in [-0.25, -0.2) is 4.79 Å². The van der Waals surface area contributed by atoms with Crippen LogP contribution in [0.25, 0.3) is 0 Å². The van der Waals surface area contributed by atoms with E-state index in [1.807, 2.05) is 31.3 Å². The number of carbonyl (C=O) groups excluding carboxylic acids is 1. The molecule has 0 bridgehead atoms. The van der Waals surface area contributed by atoms with Gasteiger partial charge >= 0.3 is 12.1 Å². The minimum atomic E-state index is -5.08. The van der Waals surface area contributed by atoms with Crippen molar-refractivity contribution in [2.24, 2.45) is 5.73 Å². The molecule has 2 rings (SSSR count). The molecule has 1 heterocycles. The Bertz CT molecular complexity index is 812. The maximum atomic E-state index is 12.2. The number of carbonyl (C=O) groups is 2. The zero-order valence-corrected chi connectivity index (χ0v) is 16.3. The van der Waals surface area contributed by atoms with Gasteiger partial charge in [0, 0.05) is 19.6 Å². The van der Waals surface area contributed by atoms with Gasteiger partial charge in [0.1, 0.15) is 0 Å². The zero-order valence-electron chi connectivity index (χ0n) is 14.8. The summed E-state index contributed by atoms with van der Waals surface area (Å²) in [7, 11) is 1.90.